The molecule has 22 nitrogen and oxygen atoms in total. The molecule has 204 valence electrons. The van der Waals surface area contributed by atoms with E-state index in [0.29, 0.717) is 0 Å². The van der Waals surface area contributed by atoms with Gasteiger partial charge in [-0.25, -0.2) is 23.2 Å². The number of H-pyrrole nitrogens is 1. The summed E-state index contributed by atoms with van der Waals surface area (Å²) in [6.07, 6.45) is -6.86. The van der Waals surface area contributed by atoms with Crippen LogP contribution in [0.1, 0.15) is 6.23 Å². The number of nitrogens with zero attached hydrogens (tertiary/aromatic N) is 3. The van der Waals surface area contributed by atoms with E-state index in [1.807, 2.05) is 0 Å². The van der Waals surface area contributed by atoms with Crippen molar-refractivity contribution in [1.82, 2.24) is 19.5 Å². The van der Waals surface area contributed by atoms with Crippen molar-refractivity contribution in [3.8, 4) is 0 Å². The topological polar surface area (TPSA) is 346 Å². The molecule has 1 saturated heterocycles. The van der Waals surface area contributed by atoms with E-state index in [1.54, 1.807) is 0 Å². The van der Waals surface area contributed by atoms with E-state index in [-0.39, 0.29) is 17.1 Å². The van der Waals surface area contributed by atoms with Crippen molar-refractivity contribution in [3.05, 3.63) is 16.7 Å². The Kier molecular flexibility index (Phi) is 8.14. The number of nitrogens with one attached hydrogen (secondary N) is 1. The average molecular weight is 603 g/mol. The van der Waals surface area contributed by atoms with Gasteiger partial charge in [-0.05, 0) is 0 Å². The van der Waals surface area contributed by atoms with E-state index >= 15 is 0 Å². The molecular weight excluding hydrogens is 586 g/mol. The fourth-order valence-corrected chi connectivity index (χ4v) is 6.39. The summed E-state index contributed by atoms with van der Waals surface area (Å²) in [5, 5.41) is 10.7. The van der Waals surface area contributed by atoms with Gasteiger partial charge >= 0.3 is 36.9 Å². The summed E-state index contributed by atoms with van der Waals surface area (Å²) in [5.74, 6) is -0.389. The molecule has 1 fully saturated rings. The van der Waals surface area contributed by atoms with Gasteiger partial charge in [0.15, 0.2) is 11.7 Å². The van der Waals surface area contributed by atoms with Gasteiger partial charge in [0.05, 0.1) is 12.9 Å². The number of aromatic nitrogens is 4. The van der Waals surface area contributed by atoms with E-state index in [9.17, 15) is 37.9 Å². The fourth-order valence-electron chi connectivity index (χ4n) is 2.99. The van der Waals surface area contributed by atoms with E-state index in [1.165, 1.54) is 0 Å². The second kappa shape index (κ2) is 10.0. The lowest BCUT2D eigenvalue weighted by Crippen LogP contribution is -2.36. The molecule has 0 amide bonds. The molecule has 1 aliphatic heterocycles. The SMILES string of the molecule is Nc1nc(=O)c2ncn([C@@H]3O[C@H](COP(=O)(O)OP(=O)(O)O)[C@H](OP(=O)(O)OP(=O)(O)O)[C@H]3O)c2[nH]1. The molecular formula is C10H17N5O17P4. The maximum Gasteiger partial charge on any atom is 0.481 e. The average Bonchev–Trinajstić information content (AvgIpc) is 3.18. The van der Waals surface area contributed by atoms with Gasteiger partial charge in [-0.3, -0.25) is 18.4 Å². The zero-order chi connectivity index (χ0) is 27.3. The van der Waals surface area contributed by atoms with E-state index in [4.69, 9.17) is 30.0 Å². The molecule has 0 radical (unpaired) electrons. The van der Waals surface area contributed by atoms with Gasteiger partial charge in [0, 0.05) is 0 Å². The number of nitrogen functional groups attached to an aromatic ring is 1. The van der Waals surface area contributed by atoms with Crippen LogP contribution >= 0.6 is 31.3 Å². The molecule has 36 heavy (non-hydrogen) atoms. The summed E-state index contributed by atoms with van der Waals surface area (Å²) in [6, 6.07) is 0. The standard InChI is InChI=1S/C10H17N5O17P4/c11-10-13-7-4(8(17)14-10)12-2-15(7)9-5(16)6(30-36(26,27)32-34(21,22)23)3(29-9)1-28-35(24,25)31-33(18,19)20/h2-3,5-6,9,16H,1H2,(H,24,25)(H,26,27)(H2,18,19,20)(H2,21,22,23)(H3,11,13,14,17)/t3-,5-,6+,9-/m1/s1. The molecule has 0 aliphatic carbocycles. The molecule has 0 spiro atoms. The van der Waals surface area contributed by atoms with Gasteiger partial charge in [-0.1, -0.05) is 0 Å². The molecule has 3 rings (SSSR count). The van der Waals surface area contributed by atoms with Crippen LogP contribution in [0.3, 0.4) is 0 Å². The van der Waals surface area contributed by atoms with Crippen LogP contribution in [0, 0.1) is 0 Å². The molecule has 0 bridgehead atoms. The predicted octanol–water partition coefficient (Wildman–Crippen LogP) is -2.22. The van der Waals surface area contributed by atoms with Crippen LogP contribution in [0.4, 0.5) is 5.95 Å². The first kappa shape index (κ1) is 29.2. The lowest BCUT2D eigenvalue weighted by atomic mass is 10.1. The number of anilines is 1. The molecule has 0 aromatic carbocycles. The molecule has 2 aromatic rings. The van der Waals surface area contributed by atoms with E-state index < -0.39 is 68.0 Å². The number of imidazole rings is 1. The Morgan fingerprint density at radius 2 is 1.64 bits per heavy atom. The van der Waals surface area contributed by atoms with Crippen molar-refractivity contribution in [2.45, 2.75) is 24.5 Å². The largest absolute Gasteiger partial charge is 0.481 e. The van der Waals surface area contributed by atoms with Crippen molar-refractivity contribution < 1.29 is 75.1 Å². The van der Waals surface area contributed by atoms with Crippen LogP contribution in [-0.4, -0.2) is 78.9 Å². The second-order valence-corrected chi connectivity index (χ2v) is 12.4. The van der Waals surface area contributed by atoms with Crippen molar-refractivity contribution >= 4 is 48.4 Å². The first-order chi connectivity index (χ1) is 16.3. The van der Waals surface area contributed by atoms with Crippen LogP contribution in [0.25, 0.3) is 11.2 Å². The normalized spacial score (nSPS) is 26.6. The predicted molar refractivity (Wildman–Crippen MR) is 109 cm³/mol. The number of aliphatic hydroxyl groups is 1. The van der Waals surface area contributed by atoms with Gasteiger partial charge in [-0.2, -0.15) is 13.6 Å². The summed E-state index contributed by atoms with van der Waals surface area (Å²) in [7, 11) is -22.3. The van der Waals surface area contributed by atoms with Gasteiger partial charge in [0.1, 0.15) is 24.0 Å². The second-order valence-electron chi connectivity index (χ2n) is 6.78. The Labute approximate surface area is 197 Å². The van der Waals surface area contributed by atoms with Gasteiger partial charge in [0.25, 0.3) is 0 Å². The number of hydrogen-bond donors (Lipinski definition) is 9. The lowest BCUT2D eigenvalue weighted by molar-refractivity contribution is -0.0501. The van der Waals surface area contributed by atoms with Crippen LogP contribution in [0.2, 0.25) is 0 Å². The van der Waals surface area contributed by atoms with Gasteiger partial charge < -0.3 is 49.9 Å². The van der Waals surface area contributed by atoms with Crippen molar-refractivity contribution in [3.63, 3.8) is 0 Å². The molecule has 1 aliphatic rings. The number of aromatic amines is 1. The summed E-state index contributed by atoms with van der Waals surface area (Å²) in [6.45, 7) is -1.23. The Morgan fingerprint density at radius 1 is 1.06 bits per heavy atom. The number of phosphoric acid groups is 4. The first-order valence-electron chi connectivity index (χ1n) is 8.85. The number of fused-ring (bicyclic) bond motifs is 1. The molecule has 26 heteroatoms. The minimum Gasteiger partial charge on any atom is -0.386 e. The van der Waals surface area contributed by atoms with Crippen molar-refractivity contribution in [1.29, 1.82) is 0 Å². The van der Waals surface area contributed by atoms with Crippen LogP contribution in [0.15, 0.2) is 11.1 Å². The third-order valence-corrected chi connectivity index (χ3v) is 8.46. The molecule has 6 atom stereocenters. The highest BCUT2D eigenvalue weighted by Crippen LogP contribution is 2.60. The Morgan fingerprint density at radius 3 is 2.22 bits per heavy atom. The number of nitrogens with two attached hydrogens (primary N) is 1. The van der Waals surface area contributed by atoms with E-state index in [0.717, 1.165) is 10.9 Å². The highest BCUT2D eigenvalue weighted by atomic mass is 31.3. The lowest BCUT2D eigenvalue weighted by Gasteiger charge is -2.23. The van der Waals surface area contributed by atoms with Crippen LogP contribution in [0.5, 0.6) is 0 Å². The summed E-state index contributed by atoms with van der Waals surface area (Å²) >= 11 is 0. The Hall–Kier alpha value is -1.41. The number of aliphatic hydroxyl groups excluding tert-OH is 1. The minimum atomic E-state index is -5.66. The minimum absolute atomic E-state index is 0.187. The monoisotopic (exact) mass is 603 g/mol. The van der Waals surface area contributed by atoms with Crippen LogP contribution in [-0.2, 0) is 40.7 Å². The van der Waals surface area contributed by atoms with Crippen LogP contribution < -0.4 is 11.3 Å². The molecule has 3 heterocycles. The number of rotatable bonds is 10. The zero-order valence-electron chi connectivity index (χ0n) is 17.0. The summed E-state index contributed by atoms with van der Waals surface area (Å²) in [4.78, 5) is 75.6. The maximum absolute atomic E-state index is 12.0. The third-order valence-electron chi connectivity index (χ3n) is 4.12. The number of ether oxygens (including phenoxy) is 1. The number of phosphoric ester groups is 2. The quantitative estimate of drug-likeness (QED) is 0.130. The van der Waals surface area contributed by atoms with Crippen molar-refractivity contribution in [2.24, 2.45) is 0 Å². The maximum atomic E-state index is 12.0. The van der Waals surface area contributed by atoms with Gasteiger partial charge in [0.2, 0.25) is 5.95 Å². The highest BCUT2D eigenvalue weighted by Gasteiger charge is 2.51. The molecule has 10 N–H and O–H groups in total. The number of hydrogen-bond acceptors (Lipinski definition) is 14. The third kappa shape index (κ3) is 7.33. The van der Waals surface area contributed by atoms with Crippen molar-refractivity contribution in [2.75, 3.05) is 12.3 Å². The first-order valence-corrected chi connectivity index (χ1v) is 14.9. The fraction of sp³-hybridized carbons (Fsp3) is 0.500. The summed E-state index contributed by atoms with van der Waals surface area (Å²) in [5.41, 5.74) is 4.09. The molecule has 2 aromatic heterocycles. The Balaban J connectivity index is 1.95. The summed E-state index contributed by atoms with van der Waals surface area (Å²) < 4.78 is 68.1. The van der Waals surface area contributed by atoms with Gasteiger partial charge in [-0.15, -0.1) is 0 Å². The van der Waals surface area contributed by atoms with E-state index in [2.05, 4.69) is 32.6 Å². The smallest absolute Gasteiger partial charge is 0.386 e. The highest BCUT2D eigenvalue weighted by molar-refractivity contribution is 7.61. The Bertz CT molecular complexity index is 1380. The molecule has 0 saturated carbocycles. The molecule has 2 unspecified atom stereocenters. The zero-order valence-corrected chi connectivity index (χ0v) is 20.6.